The first-order valence-electron chi connectivity index (χ1n) is 13.5. The number of fused-ring (bicyclic) bond motifs is 1. The van der Waals surface area contributed by atoms with Gasteiger partial charge in [-0.25, -0.2) is 9.78 Å². The number of aliphatic carboxylic acids is 1. The number of aromatic nitrogens is 3. The van der Waals surface area contributed by atoms with Gasteiger partial charge in [-0.3, -0.25) is 9.88 Å². The molecule has 2 aromatic heterocycles. The Kier molecular flexibility index (Phi) is 8.53. The Morgan fingerprint density at radius 3 is 2.17 bits per heavy atom. The van der Waals surface area contributed by atoms with Crippen molar-refractivity contribution in [3.05, 3.63) is 102 Å². The number of anilines is 1. The second-order valence-corrected chi connectivity index (χ2v) is 10.1. The van der Waals surface area contributed by atoms with Gasteiger partial charge in [-0.1, -0.05) is 48.5 Å². The van der Waals surface area contributed by atoms with Crippen molar-refractivity contribution in [1.29, 1.82) is 0 Å². The lowest BCUT2D eigenvalue weighted by atomic mass is 10.0. The van der Waals surface area contributed by atoms with Gasteiger partial charge in [0.25, 0.3) is 0 Å². The van der Waals surface area contributed by atoms with Crippen LogP contribution in [0.25, 0.3) is 33.5 Å². The molecule has 0 aliphatic carbocycles. The number of carboxylic acids is 1. The molecule has 1 aliphatic rings. The number of piperazine rings is 1. The predicted octanol–water partition coefficient (Wildman–Crippen LogP) is 6.56. The number of H-pyrrole nitrogens is 1. The lowest BCUT2D eigenvalue weighted by Gasteiger charge is -2.36. The maximum Gasteiger partial charge on any atom is 0.490 e. The average molecular weight is 574 g/mol. The molecule has 1 aliphatic heterocycles. The fraction of sp³-hybridized carbons (Fsp3) is 0.219. The summed E-state index contributed by atoms with van der Waals surface area (Å²) in [6.07, 6.45) is -1.34. The molecular weight excluding hydrogens is 543 g/mol. The van der Waals surface area contributed by atoms with E-state index in [1.807, 2.05) is 12.4 Å². The van der Waals surface area contributed by atoms with Gasteiger partial charge >= 0.3 is 12.1 Å². The lowest BCUT2D eigenvalue weighted by Crippen LogP contribution is -2.45. The molecule has 10 heteroatoms. The van der Waals surface area contributed by atoms with Gasteiger partial charge in [-0.2, -0.15) is 13.2 Å². The monoisotopic (exact) mass is 573 g/mol. The summed E-state index contributed by atoms with van der Waals surface area (Å²) in [5.74, 6) is -1.84. The highest BCUT2D eigenvalue weighted by molar-refractivity contribution is 5.83. The molecule has 1 saturated heterocycles. The molecule has 0 saturated carbocycles. The zero-order valence-electron chi connectivity index (χ0n) is 23.0. The van der Waals surface area contributed by atoms with Crippen molar-refractivity contribution < 1.29 is 23.1 Å². The lowest BCUT2D eigenvalue weighted by molar-refractivity contribution is -0.192. The SMILES string of the molecule is Cc1cccc2[nH]c(-c3cccc(-c4cccc(CN5CCN(c6ccncc6)CC5)c4)c3)nc12.O=C(O)C(F)(F)F. The van der Waals surface area contributed by atoms with Crippen LogP contribution < -0.4 is 4.90 Å². The van der Waals surface area contributed by atoms with Crippen molar-refractivity contribution in [2.75, 3.05) is 31.1 Å². The Bertz CT molecular complexity index is 1660. The molecule has 3 heterocycles. The van der Waals surface area contributed by atoms with Gasteiger partial charge in [0.05, 0.1) is 11.0 Å². The summed E-state index contributed by atoms with van der Waals surface area (Å²) in [6, 6.07) is 28.1. The molecule has 5 aromatic rings. The van der Waals surface area contributed by atoms with E-state index in [9.17, 15) is 13.2 Å². The van der Waals surface area contributed by atoms with Crippen molar-refractivity contribution in [1.82, 2.24) is 19.9 Å². The van der Waals surface area contributed by atoms with E-state index in [4.69, 9.17) is 14.9 Å². The second-order valence-electron chi connectivity index (χ2n) is 10.1. The van der Waals surface area contributed by atoms with Gasteiger partial charge in [0.2, 0.25) is 0 Å². The minimum absolute atomic E-state index is 0.916. The summed E-state index contributed by atoms with van der Waals surface area (Å²) in [4.78, 5) is 26.4. The molecule has 7 nitrogen and oxygen atoms in total. The summed E-state index contributed by atoms with van der Waals surface area (Å²) < 4.78 is 31.7. The highest BCUT2D eigenvalue weighted by Gasteiger charge is 2.38. The van der Waals surface area contributed by atoms with Gasteiger partial charge in [-0.15, -0.1) is 0 Å². The zero-order chi connectivity index (χ0) is 29.7. The van der Waals surface area contributed by atoms with E-state index in [0.717, 1.165) is 55.1 Å². The van der Waals surface area contributed by atoms with Crippen LogP contribution in [0.3, 0.4) is 0 Å². The number of pyridine rings is 1. The molecule has 42 heavy (non-hydrogen) atoms. The number of hydrogen-bond donors (Lipinski definition) is 2. The number of carbonyl (C=O) groups is 1. The smallest absolute Gasteiger partial charge is 0.475 e. The number of carboxylic acid groups (broad SMARTS) is 1. The Hall–Kier alpha value is -4.70. The maximum atomic E-state index is 10.6. The Labute approximate surface area is 241 Å². The van der Waals surface area contributed by atoms with E-state index in [2.05, 4.69) is 106 Å². The molecule has 0 atom stereocenters. The third-order valence-corrected chi connectivity index (χ3v) is 7.16. The summed E-state index contributed by atoms with van der Waals surface area (Å²) in [5.41, 5.74) is 9.49. The third kappa shape index (κ3) is 6.95. The molecule has 216 valence electrons. The number of benzene rings is 3. The van der Waals surface area contributed by atoms with Gasteiger partial charge in [-0.05, 0) is 59.5 Å². The molecular formula is C32H30F3N5O2. The Balaban J connectivity index is 0.000000451. The number of aromatic amines is 1. The number of nitrogens with zero attached hydrogens (tertiary/aromatic N) is 4. The minimum atomic E-state index is -5.08. The van der Waals surface area contributed by atoms with E-state index >= 15 is 0 Å². The number of para-hydroxylation sites is 1. The number of aryl methyl sites for hydroxylation is 1. The summed E-state index contributed by atoms with van der Waals surface area (Å²) in [7, 11) is 0. The number of hydrogen-bond acceptors (Lipinski definition) is 5. The van der Waals surface area contributed by atoms with E-state index in [0.29, 0.717) is 0 Å². The first-order chi connectivity index (χ1) is 20.2. The van der Waals surface area contributed by atoms with Crippen LogP contribution in [0, 0.1) is 6.92 Å². The van der Waals surface area contributed by atoms with Crippen LogP contribution >= 0.6 is 0 Å². The van der Waals surface area contributed by atoms with Gasteiger partial charge in [0.15, 0.2) is 0 Å². The highest BCUT2D eigenvalue weighted by atomic mass is 19.4. The summed E-state index contributed by atoms with van der Waals surface area (Å²) in [6.45, 7) is 7.29. The molecule has 0 unspecified atom stereocenters. The molecule has 0 amide bonds. The van der Waals surface area contributed by atoms with Crippen LogP contribution in [0.4, 0.5) is 18.9 Å². The van der Waals surface area contributed by atoms with E-state index in [-0.39, 0.29) is 0 Å². The normalized spacial score (nSPS) is 14.0. The van der Waals surface area contributed by atoms with Crippen molar-refractivity contribution in [2.24, 2.45) is 0 Å². The molecule has 1 fully saturated rings. The first kappa shape index (κ1) is 28.8. The number of halogens is 3. The van der Waals surface area contributed by atoms with E-state index in [1.165, 1.54) is 27.9 Å². The molecule has 3 aromatic carbocycles. The molecule has 2 N–H and O–H groups in total. The Morgan fingerprint density at radius 2 is 1.50 bits per heavy atom. The molecule has 0 spiro atoms. The van der Waals surface area contributed by atoms with Crippen LogP contribution in [0.1, 0.15) is 11.1 Å². The molecule has 0 radical (unpaired) electrons. The number of imidazole rings is 1. The highest BCUT2D eigenvalue weighted by Crippen LogP contribution is 2.28. The molecule has 6 rings (SSSR count). The largest absolute Gasteiger partial charge is 0.490 e. The van der Waals surface area contributed by atoms with Gasteiger partial charge in [0.1, 0.15) is 5.82 Å². The van der Waals surface area contributed by atoms with Crippen LogP contribution in [0.5, 0.6) is 0 Å². The van der Waals surface area contributed by atoms with Gasteiger partial charge in [0, 0.05) is 56.4 Å². The topological polar surface area (TPSA) is 85.4 Å². The van der Waals surface area contributed by atoms with Gasteiger partial charge < -0.3 is 15.0 Å². The van der Waals surface area contributed by atoms with Crippen molar-refractivity contribution in [2.45, 2.75) is 19.6 Å². The average Bonchev–Trinajstić information content (AvgIpc) is 3.44. The van der Waals surface area contributed by atoms with Crippen molar-refractivity contribution in [3.63, 3.8) is 0 Å². The Morgan fingerprint density at radius 1 is 0.881 bits per heavy atom. The number of nitrogens with one attached hydrogen (secondary N) is 1. The van der Waals surface area contributed by atoms with E-state index in [1.54, 1.807) is 0 Å². The standard InChI is InChI=1S/C30H29N5.C2HF3O2/c1-22-5-2-10-28-29(22)33-30(32-28)26-9-4-8-25(20-26)24-7-3-6-23(19-24)21-34-15-17-35(18-16-34)27-11-13-31-14-12-27;3-2(4,5)1(6)7/h2-14,19-20H,15-18,21H2,1H3,(H,32,33);(H,6,7). The van der Waals surface area contributed by atoms with Crippen LogP contribution in [0.2, 0.25) is 0 Å². The maximum absolute atomic E-state index is 10.6. The van der Waals surface area contributed by atoms with Crippen molar-refractivity contribution in [3.8, 4) is 22.5 Å². The zero-order valence-corrected chi connectivity index (χ0v) is 23.0. The van der Waals surface area contributed by atoms with Crippen LogP contribution in [-0.2, 0) is 11.3 Å². The number of rotatable bonds is 5. The van der Waals surface area contributed by atoms with Crippen LogP contribution in [0.15, 0.2) is 91.3 Å². The third-order valence-electron chi connectivity index (χ3n) is 7.16. The first-order valence-corrected chi connectivity index (χ1v) is 13.5. The van der Waals surface area contributed by atoms with Crippen molar-refractivity contribution >= 4 is 22.7 Å². The van der Waals surface area contributed by atoms with Crippen LogP contribution in [-0.4, -0.2) is 63.3 Å². The quantitative estimate of drug-likeness (QED) is 0.248. The summed E-state index contributed by atoms with van der Waals surface area (Å²) >= 11 is 0. The summed E-state index contributed by atoms with van der Waals surface area (Å²) in [5, 5.41) is 7.12. The van der Waals surface area contributed by atoms with E-state index < -0.39 is 12.1 Å². The second kappa shape index (κ2) is 12.4. The minimum Gasteiger partial charge on any atom is -0.475 e. The molecule has 0 bridgehead atoms. The predicted molar refractivity (Wildman–Crippen MR) is 157 cm³/mol. The fourth-order valence-corrected chi connectivity index (χ4v) is 4.98. The number of alkyl halides is 3. The fourth-order valence-electron chi connectivity index (χ4n) is 4.98.